The van der Waals surface area contributed by atoms with Crippen LogP contribution in [-0.2, 0) is 10.3 Å². The topological polar surface area (TPSA) is 73.5 Å². The van der Waals surface area contributed by atoms with Gasteiger partial charge in [0.2, 0.25) is 5.82 Å². The number of pyridine rings is 1. The maximum absolute atomic E-state index is 6.00. The van der Waals surface area contributed by atoms with Crippen LogP contribution in [0.5, 0.6) is 5.75 Å². The number of hydrogen-bond donors (Lipinski definition) is 0. The Balaban J connectivity index is 1.49. The average Bonchev–Trinajstić information content (AvgIpc) is 3.22. The molecule has 3 heterocycles. The van der Waals surface area contributed by atoms with Crippen molar-refractivity contribution in [3.8, 4) is 17.1 Å². The van der Waals surface area contributed by atoms with E-state index >= 15 is 0 Å². The van der Waals surface area contributed by atoms with Gasteiger partial charge in [0.1, 0.15) is 11.6 Å². The number of ether oxygens (including phenoxy) is 2. The van der Waals surface area contributed by atoms with Gasteiger partial charge in [0.15, 0.2) is 5.60 Å². The minimum Gasteiger partial charge on any atom is -0.478 e. The number of aromatic nitrogens is 3. The molecule has 2 aromatic heterocycles. The van der Waals surface area contributed by atoms with E-state index in [4.69, 9.17) is 25.6 Å². The first-order chi connectivity index (χ1) is 13.5. The molecule has 1 aliphatic heterocycles. The smallest absolute Gasteiger partial charge is 0.270 e. The van der Waals surface area contributed by atoms with Gasteiger partial charge in [-0.3, -0.25) is 0 Å². The summed E-state index contributed by atoms with van der Waals surface area (Å²) in [5.74, 6) is 2.45. The van der Waals surface area contributed by atoms with Gasteiger partial charge in [-0.1, -0.05) is 16.8 Å². The summed E-state index contributed by atoms with van der Waals surface area (Å²) in [4.78, 5) is 11.2. The molecule has 1 fully saturated rings. The zero-order valence-electron chi connectivity index (χ0n) is 15.8. The van der Waals surface area contributed by atoms with Crippen molar-refractivity contribution in [3.05, 3.63) is 53.5 Å². The highest BCUT2D eigenvalue weighted by Crippen LogP contribution is 2.29. The summed E-state index contributed by atoms with van der Waals surface area (Å²) in [6.45, 7) is 6.88. The molecule has 0 radical (unpaired) electrons. The molecule has 0 saturated carbocycles. The van der Waals surface area contributed by atoms with Crippen molar-refractivity contribution in [1.29, 1.82) is 0 Å². The van der Waals surface area contributed by atoms with Crippen molar-refractivity contribution >= 4 is 17.4 Å². The number of morpholine rings is 1. The Morgan fingerprint density at radius 1 is 1.07 bits per heavy atom. The number of halogens is 1. The second kappa shape index (κ2) is 7.77. The second-order valence-corrected chi connectivity index (χ2v) is 7.43. The van der Waals surface area contributed by atoms with Crippen molar-refractivity contribution < 1.29 is 14.0 Å². The molecule has 1 aromatic carbocycles. The maximum atomic E-state index is 6.00. The molecule has 0 unspecified atom stereocenters. The lowest BCUT2D eigenvalue weighted by molar-refractivity contribution is 0.0692. The summed E-state index contributed by atoms with van der Waals surface area (Å²) in [7, 11) is 0. The van der Waals surface area contributed by atoms with E-state index in [2.05, 4.69) is 20.0 Å². The molecule has 1 saturated heterocycles. The zero-order chi connectivity index (χ0) is 19.6. The minimum atomic E-state index is -0.791. The van der Waals surface area contributed by atoms with Gasteiger partial charge in [-0.2, -0.15) is 4.98 Å². The predicted molar refractivity (Wildman–Crippen MR) is 106 cm³/mol. The van der Waals surface area contributed by atoms with Gasteiger partial charge >= 0.3 is 0 Å². The molecule has 28 heavy (non-hydrogen) atoms. The van der Waals surface area contributed by atoms with Crippen LogP contribution in [0.4, 0.5) is 5.82 Å². The molecule has 0 N–H and O–H groups in total. The van der Waals surface area contributed by atoms with Gasteiger partial charge in [-0.25, -0.2) is 4.98 Å². The van der Waals surface area contributed by atoms with Crippen LogP contribution in [0, 0.1) is 0 Å². The van der Waals surface area contributed by atoms with E-state index in [9.17, 15) is 0 Å². The highest BCUT2D eigenvalue weighted by molar-refractivity contribution is 6.30. The molecule has 0 spiro atoms. The number of nitrogens with zero attached hydrogens (tertiary/aromatic N) is 4. The fourth-order valence-electron chi connectivity index (χ4n) is 2.92. The lowest BCUT2D eigenvalue weighted by Gasteiger charge is -2.27. The van der Waals surface area contributed by atoms with Gasteiger partial charge in [-0.15, -0.1) is 0 Å². The van der Waals surface area contributed by atoms with E-state index in [1.165, 1.54) is 0 Å². The van der Waals surface area contributed by atoms with Gasteiger partial charge in [0.25, 0.3) is 5.89 Å². The van der Waals surface area contributed by atoms with Gasteiger partial charge in [-0.05, 0) is 50.2 Å². The monoisotopic (exact) mass is 400 g/mol. The van der Waals surface area contributed by atoms with Crippen molar-refractivity contribution in [2.24, 2.45) is 0 Å². The number of benzene rings is 1. The van der Waals surface area contributed by atoms with Crippen molar-refractivity contribution in [1.82, 2.24) is 15.1 Å². The van der Waals surface area contributed by atoms with Crippen LogP contribution >= 0.6 is 11.6 Å². The minimum absolute atomic E-state index is 0.384. The molecule has 3 aromatic rings. The van der Waals surface area contributed by atoms with Crippen molar-refractivity contribution in [3.63, 3.8) is 0 Å². The highest BCUT2D eigenvalue weighted by atomic mass is 35.5. The third-order valence-corrected chi connectivity index (χ3v) is 4.72. The fraction of sp³-hybridized carbons (Fsp3) is 0.350. The van der Waals surface area contributed by atoms with Crippen LogP contribution in [0.3, 0.4) is 0 Å². The summed E-state index contributed by atoms with van der Waals surface area (Å²) in [5, 5.41) is 4.74. The largest absolute Gasteiger partial charge is 0.478 e. The first-order valence-electron chi connectivity index (χ1n) is 9.09. The fourth-order valence-corrected chi connectivity index (χ4v) is 3.05. The SMILES string of the molecule is CC(C)(Oc1ccc(Cl)cc1)c1nc(-c2ccc(N3CCOCC3)nc2)no1. The van der Waals surface area contributed by atoms with Gasteiger partial charge in [0, 0.05) is 29.9 Å². The first kappa shape index (κ1) is 18.7. The zero-order valence-corrected chi connectivity index (χ0v) is 16.5. The third-order valence-electron chi connectivity index (χ3n) is 4.47. The molecule has 0 amide bonds. The lowest BCUT2D eigenvalue weighted by atomic mass is 10.1. The Bertz CT molecular complexity index is 919. The van der Waals surface area contributed by atoms with Gasteiger partial charge < -0.3 is 18.9 Å². The summed E-state index contributed by atoms with van der Waals surface area (Å²) in [6.07, 6.45) is 1.76. The molecule has 8 heteroatoms. The van der Waals surface area contributed by atoms with Gasteiger partial charge in [0.05, 0.1) is 13.2 Å². The Labute approximate surface area is 168 Å². The summed E-state index contributed by atoms with van der Waals surface area (Å²) < 4.78 is 16.8. The molecule has 4 rings (SSSR count). The molecule has 1 aliphatic rings. The Hall–Kier alpha value is -2.64. The quantitative estimate of drug-likeness (QED) is 0.642. The van der Waals surface area contributed by atoms with E-state index in [0.717, 1.165) is 37.7 Å². The molecule has 0 aliphatic carbocycles. The molecule has 7 nitrogen and oxygen atoms in total. The number of rotatable bonds is 5. The third kappa shape index (κ3) is 4.10. The lowest BCUT2D eigenvalue weighted by Crippen LogP contribution is -2.36. The van der Waals surface area contributed by atoms with E-state index in [1.807, 2.05) is 26.0 Å². The number of hydrogen-bond acceptors (Lipinski definition) is 7. The normalized spacial score (nSPS) is 14.9. The maximum Gasteiger partial charge on any atom is 0.270 e. The van der Waals surface area contributed by atoms with Crippen LogP contribution in [0.25, 0.3) is 11.4 Å². The average molecular weight is 401 g/mol. The van der Waals surface area contributed by atoms with E-state index in [0.29, 0.717) is 22.5 Å². The van der Waals surface area contributed by atoms with Crippen LogP contribution < -0.4 is 9.64 Å². The molecular formula is C20H21ClN4O3. The predicted octanol–water partition coefficient (Wildman–Crippen LogP) is 3.94. The summed E-state index contributed by atoms with van der Waals surface area (Å²) >= 11 is 5.92. The van der Waals surface area contributed by atoms with Crippen LogP contribution in [0.1, 0.15) is 19.7 Å². The van der Waals surface area contributed by atoms with Crippen molar-refractivity contribution in [2.75, 3.05) is 31.2 Å². The van der Waals surface area contributed by atoms with Crippen LogP contribution in [0.2, 0.25) is 5.02 Å². The van der Waals surface area contributed by atoms with Crippen LogP contribution in [-0.4, -0.2) is 41.4 Å². The van der Waals surface area contributed by atoms with E-state index < -0.39 is 5.60 Å². The van der Waals surface area contributed by atoms with E-state index in [-0.39, 0.29) is 0 Å². The molecular weight excluding hydrogens is 380 g/mol. The summed E-state index contributed by atoms with van der Waals surface area (Å²) in [5.41, 5.74) is -0.00503. The summed E-state index contributed by atoms with van der Waals surface area (Å²) in [6, 6.07) is 11.1. The van der Waals surface area contributed by atoms with Crippen molar-refractivity contribution in [2.45, 2.75) is 19.4 Å². The molecule has 0 bridgehead atoms. The first-order valence-corrected chi connectivity index (χ1v) is 9.47. The Morgan fingerprint density at radius 2 is 1.82 bits per heavy atom. The van der Waals surface area contributed by atoms with E-state index in [1.54, 1.807) is 30.5 Å². The standard InChI is InChI=1S/C20H21ClN4O3/c1-20(2,27-16-6-4-15(21)5-7-16)19-23-18(24-28-19)14-3-8-17(22-13-14)25-9-11-26-12-10-25/h3-8,13H,9-12H2,1-2H3. The van der Waals surface area contributed by atoms with Crippen LogP contribution in [0.15, 0.2) is 47.1 Å². The second-order valence-electron chi connectivity index (χ2n) is 6.99. The Kier molecular flexibility index (Phi) is 5.19. The highest BCUT2D eigenvalue weighted by Gasteiger charge is 2.30. The number of anilines is 1. The molecule has 146 valence electrons. The molecule has 0 atom stereocenters. The Morgan fingerprint density at radius 3 is 2.50 bits per heavy atom.